The summed E-state index contributed by atoms with van der Waals surface area (Å²) >= 11 is 0. The lowest BCUT2D eigenvalue weighted by molar-refractivity contribution is 0.317. The topological polar surface area (TPSA) is 89.6 Å². The minimum atomic E-state index is -4.16. The highest BCUT2D eigenvalue weighted by molar-refractivity contribution is 7.80. The van der Waals surface area contributed by atoms with Crippen LogP contribution in [-0.2, 0) is 14.6 Å². The van der Waals surface area contributed by atoms with Crippen LogP contribution in [0.1, 0.15) is 59.8 Å². The van der Waals surface area contributed by atoms with Crippen LogP contribution < -0.4 is 5.73 Å². The van der Waals surface area contributed by atoms with Crippen LogP contribution in [0.2, 0.25) is 0 Å². The zero-order valence-corrected chi connectivity index (χ0v) is 13.1. The molecule has 0 amide bonds. The van der Waals surface area contributed by atoms with E-state index in [9.17, 15) is 8.42 Å². The SMILES string of the molecule is CCCCCCC(C)C(C)(C)N.COS(=O)(=O)O. The molecule has 0 aliphatic heterocycles. The molecule has 0 aromatic rings. The van der Waals surface area contributed by atoms with Gasteiger partial charge in [0.15, 0.2) is 0 Å². The summed E-state index contributed by atoms with van der Waals surface area (Å²) in [5, 5.41) is 0. The fourth-order valence-electron chi connectivity index (χ4n) is 1.25. The number of nitrogens with two attached hydrogens (primary N) is 1. The van der Waals surface area contributed by atoms with Gasteiger partial charge in [0, 0.05) is 5.54 Å². The van der Waals surface area contributed by atoms with Gasteiger partial charge in [0.05, 0.1) is 7.11 Å². The second-order valence-corrected chi connectivity index (χ2v) is 6.35. The van der Waals surface area contributed by atoms with E-state index in [1.165, 1.54) is 32.1 Å². The predicted molar refractivity (Wildman–Crippen MR) is 74.7 cm³/mol. The molecule has 0 bridgehead atoms. The summed E-state index contributed by atoms with van der Waals surface area (Å²) in [6.07, 6.45) is 6.69. The van der Waals surface area contributed by atoms with Gasteiger partial charge in [0.2, 0.25) is 0 Å². The van der Waals surface area contributed by atoms with Crippen molar-refractivity contribution in [2.24, 2.45) is 11.7 Å². The van der Waals surface area contributed by atoms with Gasteiger partial charge >= 0.3 is 10.4 Å². The highest BCUT2D eigenvalue weighted by atomic mass is 32.3. The van der Waals surface area contributed by atoms with Crippen molar-refractivity contribution in [2.75, 3.05) is 7.11 Å². The van der Waals surface area contributed by atoms with Crippen LogP contribution in [0.3, 0.4) is 0 Å². The molecule has 0 fully saturated rings. The lowest BCUT2D eigenvalue weighted by Crippen LogP contribution is -2.39. The van der Waals surface area contributed by atoms with Crippen LogP contribution in [0.15, 0.2) is 0 Å². The molecule has 0 saturated carbocycles. The normalized spacial score (nSPS) is 13.7. The molecule has 6 heteroatoms. The minimum Gasteiger partial charge on any atom is -0.325 e. The summed E-state index contributed by atoms with van der Waals surface area (Å²) in [6, 6.07) is 0. The molecule has 0 spiro atoms. The third kappa shape index (κ3) is 15.8. The van der Waals surface area contributed by atoms with Crippen molar-refractivity contribution in [1.82, 2.24) is 0 Å². The molecular formula is C12H29NO4S. The van der Waals surface area contributed by atoms with E-state index < -0.39 is 10.4 Å². The van der Waals surface area contributed by atoms with Crippen LogP contribution in [-0.4, -0.2) is 25.6 Å². The van der Waals surface area contributed by atoms with E-state index in [0.717, 1.165) is 7.11 Å². The van der Waals surface area contributed by atoms with E-state index in [4.69, 9.17) is 10.3 Å². The quantitative estimate of drug-likeness (QED) is 0.554. The molecule has 0 radical (unpaired) electrons. The maximum Gasteiger partial charge on any atom is 0.397 e. The van der Waals surface area contributed by atoms with Gasteiger partial charge < -0.3 is 5.73 Å². The van der Waals surface area contributed by atoms with E-state index in [0.29, 0.717) is 5.92 Å². The first-order valence-corrected chi connectivity index (χ1v) is 7.73. The summed E-state index contributed by atoms with van der Waals surface area (Å²) in [7, 11) is -3.29. The van der Waals surface area contributed by atoms with Crippen LogP contribution in [0.4, 0.5) is 0 Å². The van der Waals surface area contributed by atoms with Crippen molar-refractivity contribution >= 4 is 10.4 Å². The number of rotatable bonds is 7. The molecule has 1 unspecified atom stereocenters. The van der Waals surface area contributed by atoms with Gasteiger partial charge in [-0.25, -0.2) is 0 Å². The monoisotopic (exact) mass is 283 g/mol. The summed E-state index contributed by atoms with van der Waals surface area (Å²) in [5.41, 5.74) is 6.00. The van der Waals surface area contributed by atoms with Gasteiger partial charge in [-0.3, -0.25) is 8.74 Å². The van der Waals surface area contributed by atoms with Crippen molar-refractivity contribution in [2.45, 2.75) is 65.3 Å². The van der Waals surface area contributed by atoms with Gasteiger partial charge in [-0.15, -0.1) is 0 Å². The standard InChI is InChI=1S/C11H25N.CH4O4S/c1-5-6-7-8-9-10(2)11(3,4)12;1-5-6(2,3)4/h10H,5-9,12H2,1-4H3;1H3,(H,2,3,4). The van der Waals surface area contributed by atoms with Crippen molar-refractivity contribution in [1.29, 1.82) is 0 Å². The van der Waals surface area contributed by atoms with Gasteiger partial charge in [-0.1, -0.05) is 39.5 Å². The summed E-state index contributed by atoms with van der Waals surface area (Å²) in [6.45, 7) is 8.75. The van der Waals surface area contributed by atoms with Crippen molar-refractivity contribution < 1.29 is 17.2 Å². The molecule has 0 aromatic carbocycles. The molecule has 1 atom stereocenters. The molecule has 0 heterocycles. The lowest BCUT2D eigenvalue weighted by atomic mass is 9.86. The largest absolute Gasteiger partial charge is 0.397 e. The van der Waals surface area contributed by atoms with Gasteiger partial charge in [-0.05, 0) is 26.2 Å². The van der Waals surface area contributed by atoms with E-state index in [1.54, 1.807) is 0 Å². The molecule has 0 saturated heterocycles. The zero-order valence-electron chi connectivity index (χ0n) is 12.3. The molecule has 0 rings (SSSR count). The average Bonchev–Trinajstić information content (AvgIpc) is 2.22. The van der Waals surface area contributed by atoms with E-state index >= 15 is 0 Å². The fraction of sp³-hybridized carbons (Fsp3) is 1.00. The Kier molecular flexibility index (Phi) is 10.9. The van der Waals surface area contributed by atoms with Crippen LogP contribution >= 0.6 is 0 Å². The molecule has 112 valence electrons. The predicted octanol–water partition coefficient (Wildman–Crippen LogP) is 2.77. The molecule has 5 nitrogen and oxygen atoms in total. The first-order valence-electron chi connectivity index (χ1n) is 6.36. The number of hydrogen-bond donors (Lipinski definition) is 2. The highest BCUT2D eigenvalue weighted by Crippen LogP contribution is 2.19. The second kappa shape index (κ2) is 9.72. The van der Waals surface area contributed by atoms with Crippen LogP contribution in [0.5, 0.6) is 0 Å². The first-order chi connectivity index (χ1) is 8.04. The zero-order chi connectivity index (χ0) is 14.8. The van der Waals surface area contributed by atoms with Crippen LogP contribution in [0, 0.1) is 5.92 Å². The summed E-state index contributed by atoms with van der Waals surface area (Å²) in [5.74, 6) is 0.648. The van der Waals surface area contributed by atoms with Crippen molar-refractivity contribution in [3.8, 4) is 0 Å². The fourth-order valence-corrected chi connectivity index (χ4v) is 1.25. The minimum absolute atomic E-state index is 0.00617. The Morgan fingerprint density at radius 3 is 2.00 bits per heavy atom. The van der Waals surface area contributed by atoms with Crippen molar-refractivity contribution in [3.05, 3.63) is 0 Å². The molecule has 18 heavy (non-hydrogen) atoms. The Labute approximate surface area is 112 Å². The Balaban J connectivity index is 0. The van der Waals surface area contributed by atoms with Gasteiger partial charge in [0.25, 0.3) is 0 Å². The van der Waals surface area contributed by atoms with Crippen LogP contribution in [0.25, 0.3) is 0 Å². The Morgan fingerprint density at radius 2 is 1.72 bits per heavy atom. The van der Waals surface area contributed by atoms with E-state index in [1.807, 2.05) is 0 Å². The third-order valence-corrected chi connectivity index (χ3v) is 3.39. The molecule has 3 N–H and O–H groups in total. The summed E-state index contributed by atoms with van der Waals surface area (Å²) < 4.78 is 29.7. The number of hydrogen-bond acceptors (Lipinski definition) is 4. The molecule has 0 aliphatic rings. The lowest BCUT2D eigenvalue weighted by Gasteiger charge is -2.27. The first kappa shape index (κ1) is 20.2. The second-order valence-electron chi connectivity index (χ2n) is 5.17. The maximum absolute atomic E-state index is 9.33. The van der Waals surface area contributed by atoms with Gasteiger partial charge in [0.1, 0.15) is 0 Å². The van der Waals surface area contributed by atoms with Crippen molar-refractivity contribution in [3.63, 3.8) is 0 Å². The summed E-state index contributed by atoms with van der Waals surface area (Å²) in [4.78, 5) is 0. The smallest absolute Gasteiger partial charge is 0.325 e. The van der Waals surface area contributed by atoms with E-state index in [-0.39, 0.29) is 5.54 Å². The van der Waals surface area contributed by atoms with E-state index in [2.05, 4.69) is 31.9 Å². The Bertz CT molecular complexity index is 283. The highest BCUT2D eigenvalue weighted by Gasteiger charge is 2.19. The van der Waals surface area contributed by atoms with Gasteiger partial charge in [-0.2, -0.15) is 8.42 Å². The third-order valence-electron chi connectivity index (χ3n) is 2.97. The average molecular weight is 283 g/mol. The number of unbranched alkanes of at least 4 members (excludes halogenated alkanes) is 3. The molecule has 0 aliphatic carbocycles. The Morgan fingerprint density at radius 1 is 1.28 bits per heavy atom. The Hall–Kier alpha value is -0.170. The molecule has 0 aromatic heterocycles. The molecular weight excluding hydrogens is 254 g/mol. The maximum atomic E-state index is 9.33.